The highest BCUT2D eigenvalue weighted by atomic mass is 19.1. The van der Waals surface area contributed by atoms with E-state index in [0.29, 0.717) is 6.04 Å². The molecule has 1 aromatic rings. The van der Waals surface area contributed by atoms with E-state index in [-0.39, 0.29) is 5.82 Å². The maximum absolute atomic E-state index is 13.8. The van der Waals surface area contributed by atoms with Gasteiger partial charge in [0.25, 0.3) is 0 Å². The second kappa shape index (κ2) is 6.05. The summed E-state index contributed by atoms with van der Waals surface area (Å²) in [6.45, 7) is 10.7. The van der Waals surface area contributed by atoms with Crippen molar-refractivity contribution < 1.29 is 4.39 Å². The Balaban J connectivity index is 1.76. The lowest BCUT2D eigenvalue weighted by molar-refractivity contribution is 0.0437. The molecule has 0 radical (unpaired) electrons. The van der Waals surface area contributed by atoms with E-state index in [4.69, 9.17) is 0 Å². The van der Waals surface area contributed by atoms with Gasteiger partial charge in [0.05, 0.1) is 0 Å². The molecule has 0 aliphatic carbocycles. The third-order valence-corrected chi connectivity index (χ3v) is 5.26. The molecule has 116 valence electrons. The van der Waals surface area contributed by atoms with Crippen LogP contribution in [0.4, 0.5) is 4.39 Å². The number of aryl methyl sites for hydroxylation is 2. The fourth-order valence-electron chi connectivity index (χ4n) is 4.09. The quantitative estimate of drug-likeness (QED) is 0.840. The molecule has 2 aliphatic rings. The zero-order valence-corrected chi connectivity index (χ0v) is 13.5. The zero-order valence-electron chi connectivity index (χ0n) is 13.5. The van der Waals surface area contributed by atoms with Gasteiger partial charge in [0.1, 0.15) is 5.82 Å². The maximum atomic E-state index is 13.8. The van der Waals surface area contributed by atoms with Crippen molar-refractivity contribution >= 4 is 0 Å². The number of nitrogens with zero attached hydrogens (tertiary/aromatic N) is 2. The summed E-state index contributed by atoms with van der Waals surface area (Å²) in [5.41, 5.74) is 2.81. The van der Waals surface area contributed by atoms with Gasteiger partial charge in [0.2, 0.25) is 0 Å². The van der Waals surface area contributed by atoms with Crippen molar-refractivity contribution in [3.8, 4) is 0 Å². The first-order valence-corrected chi connectivity index (χ1v) is 8.32. The van der Waals surface area contributed by atoms with E-state index in [1.54, 1.807) is 0 Å². The Bertz CT molecular complexity index is 491. The van der Waals surface area contributed by atoms with Crippen LogP contribution in [0.2, 0.25) is 0 Å². The normalized spacial score (nSPS) is 27.0. The van der Waals surface area contributed by atoms with Crippen molar-refractivity contribution in [3.63, 3.8) is 0 Å². The molecule has 1 aromatic carbocycles. The van der Waals surface area contributed by atoms with Gasteiger partial charge in [-0.1, -0.05) is 19.1 Å². The van der Waals surface area contributed by atoms with E-state index in [1.807, 2.05) is 26.0 Å². The Kier molecular flexibility index (Phi) is 4.32. The first-order chi connectivity index (χ1) is 10.1. The molecule has 2 unspecified atom stereocenters. The largest absolute Gasteiger partial charge is 0.298 e. The van der Waals surface area contributed by atoms with Gasteiger partial charge < -0.3 is 0 Å². The predicted molar refractivity (Wildman–Crippen MR) is 85.0 cm³/mol. The number of fused-ring (bicyclic) bond motifs is 1. The maximum Gasteiger partial charge on any atom is 0.129 e. The van der Waals surface area contributed by atoms with Gasteiger partial charge in [-0.3, -0.25) is 9.80 Å². The fraction of sp³-hybridized carbons (Fsp3) is 0.667. The van der Waals surface area contributed by atoms with Crippen LogP contribution in [0.15, 0.2) is 12.1 Å². The summed E-state index contributed by atoms with van der Waals surface area (Å²) in [4.78, 5) is 5.30. The van der Waals surface area contributed by atoms with Crippen LogP contribution < -0.4 is 0 Å². The third-order valence-electron chi connectivity index (χ3n) is 5.26. The molecule has 2 heterocycles. The van der Waals surface area contributed by atoms with Crippen molar-refractivity contribution in [1.29, 1.82) is 0 Å². The molecule has 0 N–H and O–H groups in total. The Morgan fingerprint density at radius 2 is 1.90 bits per heavy atom. The van der Waals surface area contributed by atoms with E-state index in [2.05, 4.69) is 16.7 Å². The van der Waals surface area contributed by atoms with Crippen LogP contribution in [0.3, 0.4) is 0 Å². The number of hydrogen-bond donors (Lipinski definition) is 0. The highest BCUT2D eigenvalue weighted by Crippen LogP contribution is 2.27. The van der Waals surface area contributed by atoms with E-state index in [0.717, 1.165) is 23.7 Å². The Labute approximate surface area is 127 Å². The van der Waals surface area contributed by atoms with Crippen molar-refractivity contribution in [2.75, 3.05) is 19.6 Å². The molecule has 0 amide bonds. The van der Waals surface area contributed by atoms with Crippen LogP contribution in [0, 0.1) is 19.7 Å². The molecule has 3 heteroatoms. The van der Waals surface area contributed by atoms with Crippen molar-refractivity contribution in [2.45, 2.75) is 58.7 Å². The number of hydrogen-bond acceptors (Lipinski definition) is 2. The second-order valence-corrected chi connectivity index (χ2v) is 6.83. The van der Waals surface area contributed by atoms with E-state index >= 15 is 0 Å². The summed E-state index contributed by atoms with van der Waals surface area (Å²) in [7, 11) is 0. The number of halogens is 1. The molecular weight excluding hydrogens is 263 g/mol. The Morgan fingerprint density at radius 3 is 2.57 bits per heavy atom. The average molecular weight is 290 g/mol. The van der Waals surface area contributed by atoms with E-state index < -0.39 is 0 Å². The van der Waals surface area contributed by atoms with Crippen molar-refractivity contribution in [1.82, 2.24) is 9.80 Å². The van der Waals surface area contributed by atoms with Gasteiger partial charge in [-0.2, -0.15) is 0 Å². The molecule has 2 fully saturated rings. The topological polar surface area (TPSA) is 6.48 Å². The predicted octanol–water partition coefficient (Wildman–Crippen LogP) is 3.50. The molecular formula is C18H27FN2. The van der Waals surface area contributed by atoms with Gasteiger partial charge in [0.15, 0.2) is 0 Å². The van der Waals surface area contributed by atoms with Gasteiger partial charge in [-0.15, -0.1) is 0 Å². The Hall–Kier alpha value is -0.930. The summed E-state index contributed by atoms with van der Waals surface area (Å²) in [5, 5.41) is 0. The standard InChI is InChI=1S/C18H27FN2/c1-4-16-11-20-7-5-6-17(20)12-21(16)10-15-8-13(2)18(19)14(3)9-15/h8-9,16-17H,4-7,10-12H2,1-3H3. The number of benzene rings is 1. The van der Waals surface area contributed by atoms with Crippen LogP contribution >= 0.6 is 0 Å². The molecule has 0 bridgehead atoms. The molecule has 2 atom stereocenters. The molecule has 0 saturated carbocycles. The minimum atomic E-state index is -0.0496. The highest BCUT2D eigenvalue weighted by Gasteiger charge is 2.35. The van der Waals surface area contributed by atoms with E-state index in [1.165, 1.54) is 44.5 Å². The molecule has 2 aliphatic heterocycles. The minimum absolute atomic E-state index is 0.0496. The van der Waals surface area contributed by atoms with Crippen molar-refractivity contribution in [3.05, 3.63) is 34.6 Å². The van der Waals surface area contributed by atoms with E-state index in [9.17, 15) is 4.39 Å². The van der Waals surface area contributed by atoms with Crippen LogP contribution in [0.25, 0.3) is 0 Å². The lowest BCUT2D eigenvalue weighted by atomic mass is 10.0. The third kappa shape index (κ3) is 3.00. The summed E-state index contributed by atoms with van der Waals surface area (Å²) < 4.78 is 13.8. The SMILES string of the molecule is CCC1CN2CCCC2CN1Cc1cc(C)c(F)c(C)c1. The summed E-state index contributed by atoms with van der Waals surface area (Å²) in [5.74, 6) is -0.0496. The number of rotatable bonds is 3. The van der Waals surface area contributed by atoms with Crippen LogP contribution in [-0.2, 0) is 6.54 Å². The highest BCUT2D eigenvalue weighted by molar-refractivity contribution is 5.30. The number of piperazine rings is 1. The molecule has 21 heavy (non-hydrogen) atoms. The van der Waals surface area contributed by atoms with Gasteiger partial charge in [-0.25, -0.2) is 4.39 Å². The van der Waals surface area contributed by atoms with Crippen molar-refractivity contribution in [2.24, 2.45) is 0 Å². The van der Waals surface area contributed by atoms with Crippen LogP contribution in [0.5, 0.6) is 0 Å². The smallest absolute Gasteiger partial charge is 0.129 e. The van der Waals surface area contributed by atoms with Gasteiger partial charge in [0, 0.05) is 31.7 Å². The minimum Gasteiger partial charge on any atom is -0.298 e. The van der Waals surface area contributed by atoms with Crippen LogP contribution in [-0.4, -0.2) is 41.5 Å². The lowest BCUT2D eigenvalue weighted by Crippen LogP contribution is -2.55. The second-order valence-electron chi connectivity index (χ2n) is 6.83. The first kappa shape index (κ1) is 15.0. The Morgan fingerprint density at radius 1 is 1.19 bits per heavy atom. The molecule has 0 spiro atoms. The molecule has 3 rings (SSSR count). The molecule has 2 saturated heterocycles. The lowest BCUT2D eigenvalue weighted by Gasteiger charge is -2.43. The fourth-order valence-corrected chi connectivity index (χ4v) is 4.09. The average Bonchev–Trinajstić information content (AvgIpc) is 2.91. The van der Waals surface area contributed by atoms with Gasteiger partial charge >= 0.3 is 0 Å². The monoisotopic (exact) mass is 290 g/mol. The molecule has 0 aromatic heterocycles. The van der Waals surface area contributed by atoms with Crippen LogP contribution in [0.1, 0.15) is 42.9 Å². The first-order valence-electron chi connectivity index (χ1n) is 8.32. The molecule has 2 nitrogen and oxygen atoms in total. The summed E-state index contributed by atoms with van der Waals surface area (Å²) >= 11 is 0. The summed E-state index contributed by atoms with van der Waals surface area (Å²) in [6.07, 6.45) is 3.89. The van der Waals surface area contributed by atoms with Gasteiger partial charge in [-0.05, 0) is 56.3 Å². The summed E-state index contributed by atoms with van der Waals surface area (Å²) in [6, 6.07) is 5.44. The zero-order chi connectivity index (χ0) is 15.0.